The molecule has 2 saturated heterocycles. The standard InChI is InChI=1S/C11H21NO2/c1-8(10-3-5-13-7-10)12-11-4-6-14-9(11)2/h8-12H,3-7H2,1-2H3/t8?,9-,10?,11-/m1/s1. The SMILES string of the molecule is CC(N[C@@H]1CCO[C@@H]1C)C1CCOC1. The molecule has 2 unspecified atom stereocenters. The lowest BCUT2D eigenvalue weighted by Crippen LogP contribution is -2.44. The second-order valence-electron chi connectivity index (χ2n) is 4.55. The van der Waals surface area contributed by atoms with E-state index in [0.717, 1.165) is 26.2 Å². The molecule has 2 aliphatic rings. The maximum atomic E-state index is 5.54. The van der Waals surface area contributed by atoms with Crippen molar-refractivity contribution in [1.82, 2.24) is 5.32 Å². The number of hydrogen-bond acceptors (Lipinski definition) is 3. The quantitative estimate of drug-likeness (QED) is 0.740. The van der Waals surface area contributed by atoms with Gasteiger partial charge in [0.25, 0.3) is 0 Å². The van der Waals surface area contributed by atoms with Crippen molar-refractivity contribution in [2.24, 2.45) is 5.92 Å². The average Bonchev–Trinajstić information content (AvgIpc) is 2.77. The summed E-state index contributed by atoms with van der Waals surface area (Å²) < 4.78 is 10.9. The van der Waals surface area contributed by atoms with E-state index >= 15 is 0 Å². The van der Waals surface area contributed by atoms with Gasteiger partial charge in [0.15, 0.2) is 0 Å². The van der Waals surface area contributed by atoms with E-state index in [4.69, 9.17) is 9.47 Å². The Bertz CT molecular complexity index is 180. The highest BCUT2D eigenvalue weighted by atomic mass is 16.5. The van der Waals surface area contributed by atoms with Gasteiger partial charge in [0, 0.05) is 25.3 Å². The van der Waals surface area contributed by atoms with Crippen LogP contribution < -0.4 is 5.32 Å². The third-order valence-electron chi connectivity index (χ3n) is 3.53. The highest BCUT2D eigenvalue weighted by molar-refractivity contribution is 4.85. The normalized spacial score (nSPS) is 40.3. The van der Waals surface area contributed by atoms with E-state index in [-0.39, 0.29) is 0 Å². The Morgan fingerprint density at radius 1 is 1.29 bits per heavy atom. The number of ether oxygens (including phenoxy) is 2. The van der Waals surface area contributed by atoms with Gasteiger partial charge in [-0.15, -0.1) is 0 Å². The zero-order valence-electron chi connectivity index (χ0n) is 9.16. The van der Waals surface area contributed by atoms with Crippen molar-refractivity contribution in [3.05, 3.63) is 0 Å². The maximum absolute atomic E-state index is 5.54. The summed E-state index contributed by atoms with van der Waals surface area (Å²) in [6.45, 7) is 7.20. The third kappa shape index (κ3) is 2.27. The zero-order valence-corrected chi connectivity index (χ0v) is 9.16. The molecule has 2 aliphatic heterocycles. The van der Waals surface area contributed by atoms with E-state index < -0.39 is 0 Å². The minimum absolute atomic E-state index is 0.375. The Balaban J connectivity index is 1.78. The van der Waals surface area contributed by atoms with E-state index in [1.165, 1.54) is 6.42 Å². The molecule has 4 atom stereocenters. The van der Waals surface area contributed by atoms with Gasteiger partial charge >= 0.3 is 0 Å². The molecule has 0 radical (unpaired) electrons. The zero-order chi connectivity index (χ0) is 9.97. The first-order chi connectivity index (χ1) is 6.77. The van der Waals surface area contributed by atoms with Crippen LogP contribution in [0.25, 0.3) is 0 Å². The van der Waals surface area contributed by atoms with E-state index in [0.29, 0.717) is 24.1 Å². The van der Waals surface area contributed by atoms with Crippen LogP contribution in [0.3, 0.4) is 0 Å². The van der Waals surface area contributed by atoms with Gasteiger partial charge in [0.2, 0.25) is 0 Å². The lowest BCUT2D eigenvalue weighted by atomic mass is 9.99. The molecule has 1 N–H and O–H groups in total. The Labute approximate surface area is 86.2 Å². The number of rotatable bonds is 3. The number of nitrogens with one attached hydrogen (secondary N) is 1. The molecule has 0 aromatic heterocycles. The Hall–Kier alpha value is -0.120. The molecular formula is C11H21NO2. The van der Waals surface area contributed by atoms with Gasteiger partial charge in [-0.25, -0.2) is 0 Å². The lowest BCUT2D eigenvalue weighted by Gasteiger charge is -2.25. The minimum Gasteiger partial charge on any atom is -0.381 e. The average molecular weight is 199 g/mol. The molecule has 0 aromatic carbocycles. The fraction of sp³-hybridized carbons (Fsp3) is 1.00. The van der Waals surface area contributed by atoms with Gasteiger partial charge in [-0.3, -0.25) is 0 Å². The monoisotopic (exact) mass is 199 g/mol. The predicted molar refractivity (Wildman–Crippen MR) is 55.3 cm³/mol. The van der Waals surface area contributed by atoms with Crippen LogP contribution in [0.2, 0.25) is 0 Å². The Morgan fingerprint density at radius 2 is 2.14 bits per heavy atom. The molecule has 14 heavy (non-hydrogen) atoms. The first-order valence-corrected chi connectivity index (χ1v) is 5.73. The molecule has 3 heteroatoms. The minimum atomic E-state index is 0.375. The molecule has 0 aromatic rings. The van der Waals surface area contributed by atoms with Crippen molar-refractivity contribution in [3.8, 4) is 0 Å². The Morgan fingerprint density at radius 3 is 2.71 bits per heavy atom. The Kier molecular flexibility index (Phi) is 3.42. The highest BCUT2D eigenvalue weighted by Crippen LogP contribution is 2.19. The van der Waals surface area contributed by atoms with Gasteiger partial charge < -0.3 is 14.8 Å². The molecule has 2 heterocycles. The first-order valence-electron chi connectivity index (χ1n) is 5.73. The van der Waals surface area contributed by atoms with Gasteiger partial charge in [0.1, 0.15) is 0 Å². The van der Waals surface area contributed by atoms with Crippen LogP contribution in [0.4, 0.5) is 0 Å². The summed E-state index contributed by atoms with van der Waals surface area (Å²) in [5, 5.41) is 3.67. The van der Waals surface area contributed by atoms with Crippen molar-refractivity contribution in [2.75, 3.05) is 19.8 Å². The third-order valence-corrected chi connectivity index (χ3v) is 3.53. The van der Waals surface area contributed by atoms with E-state index in [1.807, 2.05) is 0 Å². The largest absolute Gasteiger partial charge is 0.381 e. The summed E-state index contributed by atoms with van der Waals surface area (Å²) in [4.78, 5) is 0. The summed E-state index contributed by atoms with van der Waals surface area (Å²) in [7, 11) is 0. The molecule has 0 spiro atoms. The van der Waals surface area contributed by atoms with Crippen molar-refractivity contribution >= 4 is 0 Å². The molecule has 2 fully saturated rings. The fourth-order valence-corrected chi connectivity index (χ4v) is 2.37. The second-order valence-corrected chi connectivity index (χ2v) is 4.55. The summed E-state index contributed by atoms with van der Waals surface area (Å²) >= 11 is 0. The topological polar surface area (TPSA) is 30.5 Å². The molecule has 0 saturated carbocycles. The van der Waals surface area contributed by atoms with Crippen LogP contribution in [-0.2, 0) is 9.47 Å². The summed E-state index contributed by atoms with van der Waals surface area (Å²) in [6.07, 6.45) is 2.73. The van der Waals surface area contributed by atoms with Crippen molar-refractivity contribution in [3.63, 3.8) is 0 Å². The number of hydrogen-bond donors (Lipinski definition) is 1. The predicted octanol–water partition coefficient (Wildman–Crippen LogP) is 1.18. The molecule has 0 aliphatic carbocycles. The van der Waals surface area contributed by atoms with Crippen molar-refractivity contribution in [1.29, 1.82) is 0 Å². The first kappa shape index (κ1) is 10.4. The maximum Gasteiger partial charge on any atom is 0.0700 e. The summed E-state index contributed by atoms with van der Waals surface area (Å²) in [5.74, 6) is 0.697. The van der Waals surface area contributed by atoms with Crippen LogP contribution in [0.5, 0.6) is 0 Å². The van der Waals surface area contributed by atoms with E-state index in [1.54, 1.807) is 0 Å². The fourth-order valence-electron chi connectivity index (χ4n) is 2.37. The van der Waals surface area contributed by atoms with Gasteiger partial charge in [0.05, 0.1) is 12.7 Å². The summed E-state index contributed by atoms with van der Waals surface area (Å²) in [5.41, 5.74) is 0. The van der Waals surface area contributed by atoms with E-state index in [2.05, 4.69) is 19.2 Å². The smallest absolute Gasteiger partial charge is 0.0700 e. The molecule has 0 amide bonds. The van der Waals surface area contributed by atoms with Crippen molar-refractivity contribution < 1.29 is 9.47 Å². The van der Waals surface area contributed by atoms with Crippen LogP contribution >= 0.6 is 0 Å². The van der Waals surface area contributed by atoms with Gasteiger partial charge in [-0.05, 0) is 32.6 Å². The van der Waals surface area contributed by atoms with Crippen LogP contribution in [0.15, 0.2) is 0 Å². The highest BCUT2D eigenvalue weighted by Gasteiger charge is 2.29. The molecule has 82 valence electrons. The molecule has 2 rings (SSSR count). The second kappa shape index (κ2) is 4.60. The lowest BCUT2D eigenvalue weighted by molar-refractivity contribution is 0.108. The van der Waals surface area contributed by atoms with Gasteiger partial charge in [-0.1, -0.05) is 0 Å². The van der Waals surface area contributed by atoms with Crippen LogP contribution in [-0.4, -0.2) is 38.0 Å². The van der Waals surface area contributed by atoms with Crippen molar-refractivity contribution in [2.45, 2.75) is 44.9 Å². The van der Waals surface area contributed by atoms with Crippen LogP contribution in [0, 0.1) is 5.92 Å². The molecule has 0 bridgehead atoms. The van der Waals surface area contributed by atoms with Gasteiger partial charge in [-0.2, -0.15) is 0 Å². The summed E-state index contributed by atoms with van der Waals surface area (Å²) in [6, 6.07) is 1.11. The van der Waals surface area contributed by atoms with E-state index in [9.17, 15) is 0 Å². The molecule has 3 nitrogen and oxygen atoms in total. The van der Waals surface area contributed by atoms with Crippen LogP contribution in [0.1, 0.15) is 26.7 Å². The molecular weight excluding hydrogens is 178 g/mol.